The van der Waals surface area contributed by atoms with E-state index in [1.807, 2.05) is 0 Å². The molecule has 3 rings (SSSR count). The van der Waals surface area contributed by atoms with E-state index in [9.17, 15) is 0 Å². The molecule has 0 saturated heterocycles. The minimum atomic E-state index is -2.42. The lowest BCUT2D eigenvalue weighted by molar-refractivity contribution is 0.332. The Morgan fingerprint density at radius 3 is 1.96 bits per heavy atom. The van der Waals surface area contributed by atoms with Crippen LogP contribution in [-0.2, 0) is 4.43 Å². The van der Waals surface area contributed by atoms with Crippen LogP contribution in [0, 0.1) is 0 Å². The highest BCUT2D eigenvalue weighted by Crippen LogP contribution is 2.37. The van der Waals surface area contributed by atoms with Crippen LogP contribution in [0.2, 0.25) is 5.04 Å². The van der Waals surface area contributed by atoms with Crippen molar-refractivity contribution >= 4 is 18.7 Å². The van der Waals surface area contributed by atoms with Crippen LogP contribution in [0.4, 0.5) is 0 Å². The topological polar surface area (TPSA) is 9.23 Å². The molecule has 0 spiro atoms. The maximum absolute atomic E-state index is 6.98. The summed E-state index contributed by atoms with van der Waals surface area (Å²) in [5, 5.41) is 2.72. The van der Waals surface area contributed by atoms with Crippen molar-refractivity contribution in [2.45, 2.75) is 45.1 Å². The lowest BCUT2D eigenvalue weighted by Gasteiger charge is -2.43. The first-order chi connectivity index (χ1) is 12.5. The molecule has 0 aliphatic heterocycles. The summed E-state index contributed by atoms with van der Waals surface area (Å²) < 4.78 is 6.98. The first-order valence-corrected chi connectivity index (χ1v) is 11.6. The average Bonchev–Trinajstić information content (AvgIpc) is 2.92. The third-order valence-corrected chi connectivity index (χ3v) is 10.2. The number of hydrogen-bond donors (Lipinski definition) is 0. The van der Waals surface area contributed by atoms with Gasteiger partial charge in [-0.05, 0) is 40.2 Å². The second-order valence-electron chi connectivity index (χ2n) is 8.06. The van der Waals surface area contributed by atoms with Crippen LogP contribution >= 0.6 is 0 Å². The van der Waals surface area contributed by atoms with Crippen LogP contribution in [0.15, 0.2) is 84.5 Å². The minimum absolute atomic E-state index is 0.0325. The summed E-state index contributed by atoms with van der Waals surface area (Å²) in [4.78, 5) is 0. The molecule has 0 saturated carbocycles. The summed E-state index contributed by atoms with van der Waals surface area (Å²) in [6.45, 7) is 7.67. The van der Waals surface area contributed by atoms with Gasteiger partial charge in [-0.15, -0.1) is 0 Å². The fourth-order valence-electron chi connectivity index (χ4n) is 3.89. The molecule has 1 nitrogen and oxygen atoms in total. The summed E-state index contributed by atoms with van der Waals surface area (Å²) in [5.74, 6) is 0. The predicted octanol–water partition coefficient (Wildman–Crippen LogP) is 5.23. The molecule has 2 heteroatoms. The van der Waals surface area contributed by atoms with Gasteiger partial charge >= 0.3 is 0 Å². The second-order valence-corrected chi connectivity index (χ2v) is 12.4. The highest BCUT2D eigenvalue weighted by atomic mass is 28.4. The van der Waals surface area contributed by atoms with E-state index < -0.39 is 8.32 Å². The van der Waals surface area contributed by atoms with Crippen molar-refractivity contribution in [1.29, 1.82) is 0 Å². The molecule has 0 aromatic heterocycles. The van der Waals surface area contributed by atoms with E-state index in [0.29, 0.717) is 6.61 Å². The molecule has 1 aliphatic carbocycles. The Kier molecular flexibility index (Phi) is 5.95. The fraction of sp³-hybridized carbons (Fsp3) is 0.333. The first-order valence-electron chi connectivity index (χ1n) is 9.64. The molecule has 0 N–H and O–H groups in total. The van der Waals surface area contributed by atoms with Gasteiger partial charge < -0.3 is 4.43 Å². The Hall–Kier alpha value is -1.90. The lowest BCUT2D eigenvalue weighted by Crippen LogP contribution is -2.66. The Bertz CT molecular complexity index is 714. The molecule has 0 atom stereocenters. The summed E-state index contributed by atoms with van der Waals surface area (Å²) in [5.41, 5.74) is 1.32. The number of hydrogen-bond acceptors (Lipinski definition) is 1. The van der Waals surface area contributed by atoms with Gasteiger partial charge in [0.2, 0.25) is 0 Å². The summed E-state index contributed by atoms with van der Waals surface area (Å²) >= 11 is 0. The van der Waals surface area contributed by atoms with E-state index in [0.717, 1.165) is 6.42 Å². The maximum Gasteiger partial charge on any atom is 0.261 e. The van der Waals surface area contributed by atoms with E-state index in [1.165, 1.54) is 28.8 Å². The molecule has 0 fully saturated rings. The zero-order valence-corrected chi connectivity index (χ0v) is 17.2. The highest BCUT2D eigenvalue weighted by Gasteiger charge is 2.50. The zero-order valence-electron chi connectivity index (χ0n) is 16.2. The van der Waals surface area contributed by atoms with E-state index in [-0.39, 0.29) is 5.04 Å². The Morgan fingerprint density at radius 1 is 0.846 bits per heavy atom. The third kappa shape index (κ3) is 3.92. The van der Waals surface area contributed by atoms with Crippen LogP contribution in [0.1, 0.15) is 40.0 Å². The SMILES string of the molecule is CC(C)(C)[Si](OCC1=CCCCC=C1)(c1ccccc1)c1ccccc1. The van der Waals surface area contributed by atoms with E-state index in [4.69, 9.17) is 4.43 Å². The monoisotopic (exact) mass is 362 g/mol. The average molecular weight is 363 g/mol. The fourth-order valence-corrected chi connectivity index (χ4v) is 8.42. The summed E-state index contributed by atoms with van der Waals surface area (Å²) in [6.07, 6.45) is 10.4. The smallest absolute Gasteiger partial charge is 0.261 e. The molecule has 136 valence electrons. The van der Waals surface area contributed by atoms with Gasteiger partial charge in [0.15, 0.2) is 0 Å². The van der Waals surface area contributed by atoms with Crippen LogP contribution in [0.25, 0.3) is 0 Å². The lowest BCUT2D eigenvalue weighted by atomic mass is 10.2. The van der Waals surface area contributed by atoms with Crippen molar-refractivity contribution < 1.29 is 4.43 Å². The molecule has 2 aromatic carbocycles. The summed E-state index contributed by atoms with van der Waals surface area (Å²) in [6, 6.07) is 21.7. The number of rotatable bonds is 5. The number of benzene rings is 2. The second kappa shape index (κ2) is 8.19. The van der Waals surface area contributed by atoms with Gasteiger partial charge in [0, 0.05) is 0 Å². The van der Waals surface area contributed by atoms with Crippen LogP contribution in [-0.4, -0.2) is 14.9 Å². The van der Waals surface area contributed by atoms with Gasteiger partial charge in [0.1, 0.15) is 0 Å². The molecule has 1 aliphatic rings. The standard InChI is InChI=1S/C24H30OSi/c1-24(2,3)26(22-16-10-6-11-17-22,23-18-12-7-13-19-23)25-20-21-14-8-4-5-9-15-21/h6-8,10-19H,4-5,9,20H2,1-3H3. The van der Waals surface area contributed by atoms with E-state index in [2.05, 4.69) is 99.7 Å². The van der Waals surface area contributed by atoms with Crippen LogP contribution in [0.3, 0.4) is 0 Å². The molecule has 26 heavy (non-hydrogen) atoms. The van der Waals surface area contributed by atoms with Gasteiger partial charge in [0.25, 0.3) is 8.32 Å². The first kappa shape index (κ1) is 18.9. The quantitative estimate of drug-likeness (QED) is 0.662. The van der Waals surface area contributed by atoms with E-state index in [1.54, 1.807) is 0 Å². The molecule has 2 aromatic rings. The maximum atomic E-state index is 6.98. The van der Waals surface area contributed by atoms with Crippen molar-refractivity contribution in [2.24, 2.45) is 0 Å². The summed E-state index contributed by atoms with van der Waals surface area (Å²) in [7, 11) is -2.42. The van der Waals surface area contributed by atoms with Crippen molar-refractivity contribution in [1.82, 2.24) is 0 Å². The van der Waals surface area contributed by atoms with Gasteiger partial charge in [-0.2, -0.15) is 0 Å². The van der Waals surface area contributed by atoms with Crippen molar-refractivity contribution in [2.75, 3.05) is 6.61 Å². The normalized spacial score (nSPS) is 15.4. The Balaban J connectivity index is 2.07. The van der Waals surface area contributed by atoms with Crippen LogP contribution in [0.5, 0.6) is 0 Å². The molecule has 0 bridgehead atoms. The predicted molar refractivity (Wildman–Crippen MR) is 115 cm³/mol. The molecule has 0 radical (unpaired) electrons. The molecule has 0 unspecified atom stereocenters. The van der Waals surface area contributed by atoms with Crippen LogP contribution < -0.4 is 10.4 Å². The van der Waals surface area contributed by atoms with Gasteiger partial charge in [-0.1, -0.05) is 99.7 Å². The molecule has 0 heterocycles. The molecule has 0 amide bonds. The highest BCUT2D eigenvalue weighted by molar-refractivity contribution is 6.99. The van der Waals surface area contributed by atoms with Crippen molar-refractivity contribution in [3.8, 4) is 0 Å². The largest absolute Gasteiger partial charge is 0.403 e. The van der Waals surface area contributed by atoms with Gasteiger partial charge in [0.05, 0.1) is 6.61 Å². The van der Waals surface area contributed by atoms with Gasteiger partial charge in [-0.25, -0.2) is 0 Å². The zero-order chi connectivity index (χ0) is 18.5. The minimum Gasteiger partial charge on any atom is -0.403 e. The Morgan fingerprint density at radius 2 is 1.42 bits per heavy atom. The Labute approximate surface area is 159 Å². The molecular formula is C24H30OSi. The number of allylic oxidation sites excluding steroid dienone is 2. The van der Waals surface area contributed by atoms with E-state index >= 15 is 0 Å². The van der Waals surface area contributed by atoms with Crippen molar-refractivity contribution in [3.63, 3.8) is 0 Å². The van der Waals surface area contributed by atoms with Crippen molar-refractivity contribution in [3.05, 3.63) is 84.5 Å². The molecular weight excluding hydrogens is 332 g/mol. The third-order valence-electron chi connectivity index (χ3n) is 5.19. The van der Waals surface area contributed by atoms with Gasteiger partial charge in [-0.3, -0.25) is 0 Å².